The Bertz CT molecular complexity index is 3790. The Labute approximate surface area is 379 Å². The number of para-hydroxylation sites is 1. The van der Waals surface area contributed by atoms with Crippen molar-refractivity contribution in [3.63, 3.8) is 0 Å². The summed E-state index contributed by atoms with van der Waals surface area (Å²) in [5.74, 6) is 1.90. The molecular formula is C60H49N5. The van der Waals surface area contributed by atoms with Gasteiger partial charge >= 0.3 is 0 Å². The first-order chi connectivity index (χ1) is 31.5. The number of hydrogen-bond donors (Lipinski definition) is 0. The molecule has 314 valence electrons. The first kappa shape index (κ1) is 38.1. The third-order valence-electron chi connectivity index (χ3n) is 15.2. The van der Waals surface area contributed by atoms with Crippen molar-refractivity contribution in [2.24, 2.45) is 0 Å². The van der Waals surface area contributed by atoms with Crippen LogP contribution in [0.25, 0.3) is 99.9 Å². The number of rotatable bonds is 4. The van der Waals surface area contributed by atoms with E-state index in [-0.39, 0.29) is 16.2 Å². The summed E-state index contributed by atoms with van der Waals surface area (Å²) in [5.41, 5.74) is 15.5. The summed E-state index contributed by atoms with van der Waals surface area (Å²) in [6.45, 7) is 14.4. The molecule has 3 heterocycles. The van der Waals surface area contributed by atoms with E-state index in [9.17, 15) is 0 Å². The van der Waals surface area contributed by atoms with Crippen molar-refractivity contribution in [3.8, 4) is 45.5 Å². The summed E-state index contributed by atoms with van der Waals surface area (Å²) in [6, 6.07) is 59.8. The fraction of sp³-hybridized carbons (Fsp3) is 0.183. The van der Waals surface area contributed by atoms with E-state index in [1.165, 1.54) is 76.7 Å². The molecule has 0 aliphatic heterocycles. The van der Waals surface area contributed by atoms with E-state index in [1.54, 1.807) is 0 Å². The molecule has 8 aromatic carbocycles. The predicted molar refractivity (Wildman–Crippen MR) is 270 cm³/mol. The molecule has 0 atom stereocenters. The molecule has 5 heteroatoms. The van der Waals surface area contributed by atoms with Gasteiger partial charge in [-0.05, 0) is 110 Å². The average molecular weight is 840 g/mol. The minimum absolute atomic E-state index is 0.0390. The number of fused-ring (bicyclic) bond motifs is 13. The van der Waals surface area contributed by atoms with Crippen molar-refractivity contribution in [2.75, 3.05) is 0 Å². The Balaban J connectivity index is 1.19. The van der Waals surface area contributed by atoms with Crippen LogP contribution in [0.5, 0.6) is 0 Å². The van der Waals surface area contributed by atoms with Gasteiger partial charge in [-0.3, -0.25) is 4.57 Å². The minimum atomic E-state index is -0.164. The standard InChI is InChI=1S/C60H49N5/c1-58(2)32-33-59(3,4)46-35-50-42(34-45(46)58)53-47(64(50)38-21-11-8-12-22-38)30-31-49-54(53)52-39-23-14-13-18-36(39)28-29-48(52)65(49)57-62-55(37-19-9-7-10-20-37)61-56(63-57)41-25-17-27-44-51(41)40-24-15-16-26-43(40)60(44,5)6/h7-31,34-35H,32-33H2,1-6H3. The van der Waals surface area contributed by atoms with Gasteiger partial charge in [-0.2, -0.15) is 9.97 Å². The number of hydrogen-bond acceptors (Lipinski definition) is 3. The highest BCUT2D eigenvalue weighted by atomic mass is 15.2. The second-order valence-corrected chi connectivity index (χ2v) is 20.3. The van der Waals surface area contributed by atoms with Gasteiger partial charge in [0.05, 0.1) is 22.1 Å². The molecule has 11 aromatic rings. The van der Waals surface area contributed by atoms with Gasteiger partial charge in [-0.15, -0.1) is 0 Å². The molecule has 0 saturated carbocycles. The Morgan fingerprint density at radius 2 is 1.00 bits per heavy atom. The van der Waals surface area contributed by atoms with Crippen LogP contribution in [-0.4, -0.2) is 24.1 Å². The number of nitrogens with zero attached hydrogens (tertiary/aromatic N) is 5. The summed E-state index contributed by atoms with van der Waals surface area (Å²) < 4.78 is 4.81. The molecule has 0 N–H and O–H groups in total. The van der Waals surface area contributed by atoms with E-state index >= 15 is 0 Å². The fourth-order valence-corrected chi connectivity index (χ4v) is 11.7. The lowest BCUT2D eigenvalue weighted by molar-refractivity contribution is 0.332. The van der Waals surface area contributed by atoms with Crippen molar-refractivity contribution in [1.82, 2.24) is 24.1 Å². The van der Waals surface area contributed by atoms with Crippen LogP contribution < -0.4 is 0 Å². The van der Waals surface area contributed by atoms with Crippen LogP contribution in [0, 0.1) is 0 Å². The van der Waals surface area contributed by atoms with E-state index < -0.39 is 0 Å². The van der Waals surface area contributed by atoms with Gasteiger partial charge < -0.3 is 4.57 Å². The monoisotopic (exact) mass is 839 g/mol. The van der Waals surface area contributed by atoms with Crippen LogP contribution >= 0.6 is 0 Å². The maximum Gasteiger partial charge on any atom is 0.238 e. The van der Waals surface area contributed by atoms with Gasteiger partial charge in [0.25, 0.3) is 0 Å². The molecule has 0 fully saturated rings. The van der Waals surface area contributed by atoms with Crippen LogP contribution in [0.2, 0.25) is 0 Å². The molecule has 65 heavy (non-hydrogen) atoms. The summed E-state index contributed by atoms with van der Waals surface area (Å²) in [5, 5.41) is 7.34. The van der Waals surface area contributed by atoms with Crippen LogP contribution in [-0.2, 0) is 16.2 Å². The van der Waals surface area contributed by atoms with E-state index in [0.29, 0.717) is 17.6 Å². The van der Waals surface area contributed by atoms with E-state index in [2.05, 4.69) is 208 Å². The molecule has 0 saturated heterocycles. The molecule has 0 radical (unpaired) electrons. The van der Waals surface area contributed by atoms with Crippen LogP contribution in [0.15, 0.2) is 164 Å². The van der Waals surface area contributed by atoms with Gasteiger partial charge in [0.2, 0.25) is 5.95 Å². The first-order valence-corrected chi connectivity index (χ1v) is 23.1. The molecule has 5 nitrogen and oxygen atoms in total. The Kier molecular flexibility index (Phi) is 7.82. The molecule has 2 aliphatic rings. The third-order valence-corrected chi connectivity index (χ3v) is 15.2. The molecule has 2 aliphatic carbocycles. The van der Waals surface area contributed by atoms with Crippen molar-refractivity contribution in [1.29, 1.82) is 0 Å². The molecular weight excluding hydrogens is 791 g/mol. The summed E-state index contributed by atoms with van der Waals surface area (Å²) in [6.07, 6.45) is 2.30. The van der Waals surface area contributed by atoms with E-state index in [4.69, 9.17) is 15.0 Å². The van der Waals surface area contributed by atoms with E-state index in [1.807, 2.05) is 6.07 Å². The highest BCUT2D eigenvalue weighted by Crippen LogP contribution is 2.53. The first-order valence-electron chi connectivity index (χ1n) is 23.1. The topological polar surface area (TPSA) is 48.5 Å². The second kappa shape index (κ2) is 13.3. The van der Waals surface area contributed by atoms with Gasteiger partial charge in [-0.25, -0.2) is 4.98 Å². The highest BCUT2D eigenvalue weighted by Gasteiger charge is 2.39. The maximum absolute atomic E-state index is 5.57. The molecule has 0 amide bonds. The zero-order chi connectivity index (χ0) is 44.0. The van der Waals surface area contributed by atoms with Crippen LogP contribution in [0.1, 0.15) is 76.6 Å². The van der Waals surface area contributed by atoms with Crippen molar-refractivity contribution < 1.29 is 0 Å². The van der Waals surface area contributed by atoms with Gasteiger partial charge in [0, 0.05) is 43.8 Å². The Hall–Kier alpha value is -7.37. The molecule has 0 unspecified atom stereocenters. The molecule has 0 spiro atoms. The highest BCUT2D eigenvalue weighted by molar-refractivity contribution is 6.33. The average Bonchev–Trinajstić information content (AvgIpc) is 3.93. The largest absolute Gasteiger partial charge is 0.309 e. The van der Waals surface area contributed by atoms with Gasteiger partial charge in [-0.1, -0.05) is 163 Å². The maximum atomic E-state index is 5.57. The SMILES string of the molecule is CC1(C)CCC(C)(C)c2cc3c(cc21)c1c2c4c5ccccc5ccc4n(-c4nc(-c5ccccc5)nc(-c5cccc6c5-c5ccccc5C6(C)C)n4)c2ccc1n3-c1ccccc1. The quantitative estimate of drug-likeness (QED) is 0.177. The zero-order valence-corrected chi connectivity index (χ0v) is 37.7. The fourth-order valence-electron chi connectivity index (χ4n) is 11.7. The van der Waals surface area contributed by atoms with Gasteiger partial charge in [0.1, 0.15) is 0 Å². The summed E-state index contributed by atoms with van der Waals surface area (Å²) >= 11 is 0. The predicted octanol–water partition coefficient (Wildman–Crippen LogP) is 15.2. The lowest BCUT2D eigenvalue weighted by Gasteiger charge is -2.42. The number of aromatic nitrogens is 5. The zero-order valence-electron chi connectivity index (χ0n) is 37.7. The van der Waals surface area contributed by atoms with Crippen LogP contribution in [0.3, 0.4) is 0 Å². The molecule has 3 aromatic heterocycles. The second-order valence-electron chi connectivity index (χ2n) is 20.3. The number of benzene rings is 8. The minimum Gasteiger partial charge on any atom is -0.309 e. The lowest BCUT2D eigenvalue weighted by atomic mass is 9.63. The van der Waals surface area contributed by atoms with Crippen LogP contribution in [0.4, 0.5) is 0 Å². The normalized spacial score (nSPS) is 15.8. The van der Waals surface area contributed by atoms with Crippen molar-refractivity contribution in [3.05, 3.63) is 186 Å². The smallest absolute Gasteiger partial charge is 0.238 e. The van der Waals surface area contributed by atoms with E-state index in [0.717, 1.165) is 40.7 Å². The summed E-state index contributed by atoms with van der Waals surface area (Å²) in [7, 11) is 0. The molecule has 0 bridgehead atoms. The Morgan fingerprint density at radius 3 is 1.78 bits per heavy atom. The third kappa shape index (κ3) is 5.36. The van der Waals surface area contributed by atoms with Crippen molar-refractivity contribution in [2.45, 2.75) is 70.6 Å². The lowest BCUT2D eigenvalue weighted by Crippen LogP contribution is -2.33. The van der Waals surface area contributed by atoms with Crippen molar-refractivity contribution >= 4 is 54.4 Å². The van der Waals surface area contributed by atoms with Gasteiger partial charge in [0.15, 0.2) is 11.6 Å². The molecule has 13 rings (SSSR count). The summed E-state index contributed by atoms with van der Waals surface area (Å²) in [4.78, 5) is 16.4. The Morgan fingerprint density at radius 1 is 0.415 bits per heavy atom.